The molecule has 3 aromatic rings. The number of hydrogen-bond donors (Lipinski definition) is 2. The molecule has 1 aliphatic carbocycles. The number of pyridine rings is 1. The van der Waals surface area contributed by atoms with Crippen molar-refractivity contribution in [1.82, 2.24) is 9.88 Å². The second-order valence-corrected chi connectivity index (χ2v) is 9.54. The van der Waals surface area contributed by atoms with Crippen LogP contribution >= 0.6 is 0 Å². The zero-order valence-electron chi connectivity index (χ0n) is 18.9. The van der Waals surface area contributed by atoms with Crippen molar-refractivity contribution in [3.63, 3.8) is 0 Å². The zero-order chi connectivity index (χ0) is 23.2. The molecular weight excluding hydrogens is 410 g/mol. The molecule has 0 spiro atoms. The Kier molecular flexibility index (Phi) is 5.15. The molecule has 1 saturated heterocycles. The summed E-state index contributed by atoms with van der Waals surface area (Å²) in [6.07, 6.45) is 1.87. The summed E-state index contributed by atoms with van der Waals surface area (Å²) in [5.41, 5.74) is 11.0. The number of aromatic nitrogens is 1. The highest BCUT2D eigenvalue weighted by Gasteiger charge is 2.62. The maximum Gasteiger partial charge on any atom is 0.255 e. The number of likely N-dealkylation sites (tertiary alicyclic amines) is 1. The van der Waals surface area contributed by atoms with Crippen LogP contribution in [-0.4, -0.2) is 28.9 Å². The number of rotatable bonds is 5. The van der Waals surface area contributed by atoms with E-state index in [-0.39, 0.29) is 5.91 Å². The Morgan fingerprint density at radius 2 is 2.03 bits per heavy atom. The van der Waals surface area contributed by atoms with E-state index < -0.39 is 0 Å². The fraction of sp³-hybridized carbons (Fsp3) is 0.296. The van der Waals surface area contributed by atoms with Gasteiger partial charge in [0.1, 0.15) is 6.07 Å². The van der Waals surface area contributed by atoms with Crippen LogP contribution in [0.3, 0.4) is 0 Å². The minimum atomic E-state index is -0.241. The third-order valence-electron chi connectivity index (χ3n) is 7.50. The van der Waals surface area contributed by atoms with Gasteiger partial charge in [-0.25, -0.2) is 0 Å². The largest absolute Gasteiger partial charge is 0.397 e. The predicted octanol–water partition coefficient (Wildman–Crippen LogP) is 4.54. The molecule has 3 atom stereocenters. The number of anilines is 2. The van der Waals surface area contributed by atoms with Crippen molar-refractivity contribution in [1.29, 1.82) is 5.26 Å². The summed E-state index contributed by atoms with van der Waals surface area (Å²) >= 11 is 0. The number of nitrogens with two attached hydrogens (primary N) is 1. The number of nitrogens with one attached hydrogen (secondary N) is 1. The second kappa shape index (κ2) is 8.02. The minimum Gasteiger partial charge on any atom is -0.397 e. The third-order valence-corrected chi connectivity index (χ3v) is 7.50. The van der Waals surface area contributed by atoms with Gasteiger partial charge < -0.3 is 11.1 Å². The summed E-state index contributed by atoms with van der Waals surface area (Å²) in [6.45, 7) is 7.78. The lowest BCUT2D eigenvalue weighted by Crippen LogP contribution is -2.25. The van der Waals surface area contributed by atoms with Crippen molar-refractivity contribution >= 4 is 17.3 Å². The minimum absolute atomic E-state index is 0.241. The lowest BCUT2D eigenvalue weighted by molar-refractivity contribution is 0.102. The third kappa shape index (κ3) is 3.85. The Hall–Kier alpha value is -3.69. The standard InChI is InChI=1S/C27H27N5O/c1-17-22-15-32(16-27(17,22)2)14-18-11-21(12-28)25(30-13-18)19-7-9-20(10-8-19)26(33)31-24-6-4-3-5-23(24)29/h3-11,13,17,22H,14-16,29H2,1-2H3,(H,31,33). The molecule has 0 bridgehead atoms. The van der Waals surface area contributed by atoms with Crippen molar-refractivity contribution in [3.05, 3.63) is 77.5 Å². The molecule has 166 valence electrons. The molecule has 0 radical (unpaired) electrons. The average molecular weight is 438 g/mol. The smallest absolute Gasteiger partial charge is 0.255 e. The van der Waals surface area contributed by atoms with Crippen LogP contribution in [0.25, 0.3) is 11.3 Å². The fourth-order valence-corrected chi connectivity index (χ4v) is 5.24. The average Bonchev–Trinajstić information content (AvgIpc) is 3.13. The zero-order valence-corrected chi connectivity index (χ0v) is 18.9. The van der Waals surface area contributed by atoms with Gasteiger partial charge in [-0.3, -0.25) is 14.7 Å². The number of carbonyl (C=O) groups is 1. The number of piperidine rings is 1. The first-order valence-corrected chi connectivity index (χ1v) is 11.3. The van der Waals surface area contributed by atoms with E-state index in [0.717, 1.165) is 42.6 Å². The van der Waals surface area contributed by atoms with Gasteiger partial charge in [0.25, 0.3) is 5.91 Å². The molecule has 2 aromatic carbocycles. The highest BCUT2D eigenvalue weighted by atomic mass is 16.1. The van der Waals surface area contributed by atoms with E-state index in [1.165, 1.54) is 0 Å². The molecule has 1 aliphatic heterocycles. The predicted molar refractivity (Wildman–Crippen MR) is 129 cm³/mol. The number of para-hydroxylation sites is 2. The Morgan fingerprint density at radius 3 is 2.70 bits per heavy atom. The van der Waals surface area contributed by atoms with Gasteiger partial charge in [-0.2, -0.15) is 5.26 Å². The van der Waals surface area contributed by atoms with E-state index in [4.69, 9.17) is 5.73 Å². The monoisotopic (exact) mass is 437 g/mol. The van der Waals surface area contributed by atoms with Gasteiger partial charge in [0, 0.05) is 37.0 Å². The van der Waals surface area contributed by atoms with Gasteiger partial charge in [0.2, 0.25) is 0 Å². The number of nitrogen functional groups attached to an aromatic ring is 1. The van der Waals surface area contributed by atoms with Crippen molar-refractivity contribution in [2.24, 2.45) is 17.3 Å². The van der Waals surface area contributed by atoms with Crippen LogP contribution in [0.5, 0.6) is 0 Å². The summed E-state index contributed by atoms with van der Waals surface area (Å²) in [5, 5.41) is 12.6. The summed E-state index contributed by atoms with van der Waals surface area (Å²) in [5.74, 6) is 1.38. The molecule has 3 N–H and O–H groups in total. The fourth-order valence-electron chi connectivity index (χ4n) is 5.24. The molecule has 3 unspecified atom stereocenters. The topological polar surface area (TPSA) is 95.0 Å². The van der Waals surface area contributed by atoms with Crippen LogP contribution in [0.1, 0.15) is 35.3 Å². The first kappa shape index (κ1) is 21.2. The number of fused-ring (bicyclic) bond motifs is 1. The van der Waals surface area contributed by atoms with E-state index in [2.05, 4.69) is 35.1 Å². The maximum atomic E-state index is 12.6. The number of hydrogen-bond acceptors (Lipinski definition) is 5. The Morgan fingerprint density at radius 1 is 1.27 bits per heavy atom. The van der Waals surface area contributed by atoms with Crippen LogP contribution in [0.2, 0.25) is 0 Å². The summed E-state index contributed by atoms with van der Waals surface area (Å²) < 4.78 is 0. The van der Waals surface area contributed by atoms with E-state index in [0.29, 0.717) is 33.6 Å². The van der Waals surface area contributed by atoms with Crippen molar-refractivity contribution in [3.8, 4) is 17.3 Å². The van der Waals surface area contributed by atoms with Gasteiger partial charge in [-0.1, -0.05) is 38.1 Å². The lowest BCUT2D eigenvalue weighted by Gasteiger charge is -2.21. The SMILES string of the molecule is CC1C2CN(Cc3cnc(-c4ccc(C(=O)Nc5ccccc5N)cc4)c(C#N)c3)CC12C. The Labute approximate surface area is 194 Å². The van der Waals surface area contributed by atoms with Crippen LogP contribution in [-0.2, 0) is 6.54 Å². The molecule has 33 heavy (non-hydrogen) atoms. The number of amides is 1. The summed E-state index contributed by atoms with van der Waals surface area (Å²) in [7, 11) is 0. The van der Waals surface area contributed by atoms with Crippen LogP contribution < -0.4 is 11.1 Å². The van der Waals surface area contributed by atoms with E-state index in [1.54, 1.807) is 24.3 Å². The number of nitriles is 1. The van der Waals surface area contributed by atoms with Crippen molar-refractivity contribution in [2.75, 3.05) is 24.1 Å². The number of benzene rings is 2. The second-order valence-electron chi connectivity index (χ2n) is 9.54. The van der Waals surface area contributed by atoms with E-state index in [1.807, 2.05) is 36.5 Å². The molecular formula is C27H27N5O. The quantitative estimate of drug-likeness (QED) is 0.571. The molecule has 5 rings (SSSR count). The molecule has 2 heterocycles. The molecule has 1 aromatic heterocycles. The normalized spacial score (nSPS) is 23.5. The first-order valence-electron chi connectivity index (χ1n) is 11.3. The summed E-state index contributed by atoms with van der Waals surface area (Å²) in [4.78, 5) is 19.7. The lowest BCUT2D eigenvalue weighted by atomic mass is 10.0. The van der Waals surface area contributed by atoms with Crippen LogP contribution in [0, 0.1) is 28.6 Å². The van der Waals surface area contributed by atoms with Gasteiger partial charge in [0.15, 0.2) is 0 Å². The van der Waals surface area contributed by atoms with Gasteiger partial charge in [-0.15, -0.1) is 0 Å². The molecule has 6 nitrogen and oxygen atoms in total. The molecule has 1 saturated carbocycles. The maximum absolute atomic E-state index is 12.6. The van der Waals surface area contributed by atoms with Crippen molar-refractivity contribution in [2.45, 2.75) is 20.4 Å². The van der Waals surface area contributed by atoms with Gasteiger partial charge >= 0.3 is 0 Å². The molecule has 6 heteroatoms. The van der Waals surface area contributed by atoms with Crippen molar-refractivity contribution < 1.29 is 4.79 Å². The van der Waals surface area contributed by atoms with Gasteiger partial charge in [-0.05, 0) is 53.1 Å². The molecule has 2 fully saturated rings. The van der Waals surface area contributed by atoms with E-state index in [9.17, 15) is 10.1 Å². The highest BCUT2D eigenvalue weighted by Crippen LogP contribution is 2.62. The Bertz CT molecular complexity index is 1260. The first-order chi connectivity index (χ1) is 15.9. The number of carbonyl (C=O) groups excluding carboxylic acids is 1. The Balaban J connectivity index is 1.29. The van der Waals surface area contributed by atoms with Gasteiger partial charge in [0.05, 0.1) is 22.6 Å². The van der Waals surface area contributed by atoms with Crippen LogP contribution in [0.15, 0.2) is 60.8 Å². The summed E-state index contributed by atoms with van der Waals surface area (Å²) in [6, 6.07) is 18.5. The molecule has 1 amide bonds. The van der Waals surface area contributed by atoms with Crippen LogP contribution in [0.4, 0.5) is 11.4 Å². The highest BCUT2D eigenvalue weighted by molar-refractivity contribution is 6.05. The van der Waals surface area contributed by atoms with E-state index >= 15 is 0 Å². The molecule has 2 aliphatic rings. The number of nitrogens with zero attached hydrogens (tertiary/aromatic N) is 3.